The normalized spacial score (nSPS) is 17.8. The summed E-state index contributed by atoms with van der Waals surface area (Å²) in [6.07, 6.45) is 6.95. The number of hydrogen-bond donors (Lipinski definition) is 2. The Morgan fingerprint density at radius 2 is 2.41 bits per heavy atom. The lowest BCUT2D eigenvalue weighted by Gasteiger charge is -2.11. The van der Waals surface area contributed by atoms with Gasteiger partial charge in [0.05, 0.1) is 6.10 Å². The van der Waals surface area contributed by atoms with Gasteiger partial charge in [-0.25, -0.2) is 9.78 Å². The van der Waals surface area contributed by atoms with Crippen LogP contribution in [0.4, 0.5) is 4.79 Å². The van der Waals surface area contributed by atoms with Crippen LogP contribution in [0.2, 0.25) is 0 Å². The molecule has 1 fully saturated rings. The van der Waals surface area contributed by atoms with Gasteiger partial charge in [0.25, 0.3) is 0 Å². The number of aromatic nitrogens is 2. The second kappa shape index (κ2) is 6.79. The number of fused-ring (bicyclic) bond motifs is 1. The Labute approximate surface area is 129 Å². The lowest BCUT2D eigenvalue weighted by Crippen LogP contribution is -2.40. The molecular formula is C16H22N4O2. The van der Waals surface area contributed by atoms with Crippen LogP contribution in [0.15, 0.2) is 24.5 Å². The molecule has 0 unspecified atom stereocenters. The number of aryl methyl sites for hydroxylation is 1. The number of nitrogens with one attached hydrogen (secondary N) is 2. The first-order valence-corrected chi connectivity index (χ1v) is 7.76. The monoisotopic (exact) mass is 302 g/mol. The molecule has 2 amide bonds. The molecule has 3 rings (SSSR count). The second-order valence-electron chi connectivity index (χ2n) is 5.66. The fourth-order valence-electron chi connectivity index (χ4n) is 2.88. The Balaban J connectivity index is 1.46. The minimum absolute atomic E-state index is 0.131. The van der Waals surface area contributed by atoms with Crippen molar-refractivity contribution in [1.29, 1.82) is 0 Å². The van der Waals surface area contributed by atoms with Crippen LogP contribution in [0.5, 0.6) is 0 Å². The van der Waals surface area contributed by atoms with Crippen LogP contribution < -0.4 is 10.6 Å². The molecule has 0 aliphatic carbocycles. The molecule has 1 saturated heterocycles. The maximum Gasteiger partial charge on any atom is 0.314 e. The van der Waals surface area contributed by atoms with E-state index in [0.29, 0.717) is 13.1 Å². The highest BCUT2D eigenvalue weighted by molar-refractivity contribution is 5.80. The number of hydrogen-bond acceptors (Lipinski definition) is 3. The average Bonchev–Trinajstić information content (AvgIpc) is 3.15. The largest absolute Gasteiger partial charge is 0.376 e. The summed E-state index contributed by atoms with van der Waals surface area (Å²) in [4.78, 5) is 16.1. The first kappa shape index (κ1) is 14.8. The summed E-state index contributed by atoms with van der Waals surface area (Å²) < 4.78 is 7.49. The fourth-order valence-corrected chi connectivity index (χ4v) is 2.88. The Kier molecular flexibility index (Phi) is 4.58. The van der Waals surface area contributed by atoms with Gasteiger partial charge in [0.2, 0.25) is 0 Å². The van der Waals surface area contributed by atoms with Crippen molar-refractivity contribution in [3.05, 3.63) is 30.1 Å². The third-order valence-electron chi connectivity index (χ3n) is 4.01. The highest BCUT2D eigenvalue weighted by Gasteiger charge is 2.16. The topological polar surface area (TPSA) is 68.2 Å². The van der Waals surface area contributed by atoms with E-state index in [0.717, 1.165) is 36.9 Å². The Bertz CT molecular complexity index is 647. The van der Waals surface area contributed by atoms with Gasteiger partial charge in [-0.1, -0.05) is 0 Å². The van der Waals surface area contributed by atoms with E-state index < -0.39 is 0 Å². The zero-order chi connectivity index (χ0) is 15.4. The predicted octanol–water partition coefficient (Wildman–Crippen LogP) is 1.59. The molecule has 0 saturated carbocycles. The number of urea groups is 1. The van der Waals surface area contributed by atoms with E-state index in [1.807, 2.05) is 17.7 Å². The molecule has 0 spiro atoms. The summed E-state index contributed by atoms with van der Waals surface area (Å²) in [5, 5.41) is 6.90. The van der Waals surface area contributed by atoms with Crippen molar-refractivity contribution in [2.24, 2.45) is 7.05 Å². The molecule has 2 aromatic heterocycles. The SMILES string of the molecule is Cn1cc(CCNC(=O)NC[C@H]2CCCO2)c2cccnc21. The molecular weight excluding hydrogens is 280 g/mol. The molecule has 2 N–H and O–H groups in total. The number of nitrogens with zero attached hydrogens (tertiary/aromatic N) is 2. The molecule has 3 heterocycles. The van der Waals surface area contributed by atoms with Gasteiger partial charge in [0.1, 0.15) is 5.65 Å². The number of ether oxygens (including phenoxy) is 1. The van der Waals surface area contributed by atoms with E-state index >= 15 is 0 Å². The third-order valence-corrected chi connectivity index (χ3v) is 4.01. The summed E-state index contributed by atoms with van der Waals surface area (Å²) in [6.45, 7) is 2.00. The molecule has 118 valence electrons. The zero-order valence-electron chi connectivity index (χ0n) is 12.8. The van der Waals surface area contributed by atoms with Gasteiger partial charge < -0.3 is 19.9 Å². The van der Waals surface area contributed by atoms with Gasteiger partial charge in [-0.15, -0.1) is 0 Å². The maximum absolute atomic E-state index is 11.8. The standard InChI is InChI=1S/C16H22N4O2/c1-20-11-12(14-5-2-7-17-15(14)20)6-8-18-16(21)19-10-13-4-3-9-22-13/h2,5,7,11,13H,3-4,6,8-10H2,1H3,(H2,18,19,21)/t13-/m1/s1. The fraction of sp³-hybridized carbons (Fsp3) is 0.500. The van der Waals surface area contributed by atoms with E-state index in [2.05, 4.69) is 27.9 Å². The van der Waals surface area contributed by atoms with Crippen LogP contribution in [0.25, 0.3) is 11.0 Å². The molecule has 6 heteroatoms. The van der Waals surface area contributed by atoms with Crippen LogP contribution in [-0.4, -0.2) is 41.4 Å². The van der Waals surface area contributed by atoms with Crippen LogP contribution >= 0.6 is 0 Å². The zero-order valence-corrected chi connectivity index (χ0v) is 12.8. The lowest BCUT2D eigenvalue weighted by atomic mass is 10.1. The van der Waals surface area contributed by atoms with Gasteiger partial charge in [0.15, 0.2) is 0 Å². The van der Waals surface area contributed by atoms with Gasteiger partial charge in [-0.05, 0) is 37.0 Å². The second-order valence-corrected chi connectivity index (χ2v) is 5.66. The molecule has 0 bridgehead atoms. The van der Waals surface area contributed by atoms with Gasteiger partial charge in [-0.3, -0.25) is 0 Å². The Morgan fingerprint density at radius 1 is 1.50 bits per heavy atom. The lowest BCUT2D eigenvalue weighted by molar-refractivity contribution is 0.111. The molecule has 6 nitrogen and oxygen atoms in total. The molecule has 2 aromatic rings. The predicted molar refractivity (Wildman–Crippen MR) is 84.8 cm³/mol. The van der Waals surface area contributed by atoms with Crippen molar-refractivity contribution in [2.75, 3.05) is 19.7 Å². The van der Waals surface area contributed by atoms with E-state index in [9.17, 15) is 4.79 Å². The van der Waals surface area contributed by atoms with Crippen molar-refractivity contribution in [3.8, 4) is 0 Å². The van der Waals surface area contributed by atoms with Crippen molar-refractivity contribution >= 4 is 17.1 Å². The molecule has 1 aliphatic heterocycles. The first-order valence-electron chi connectivity index (χ1n) is 7.76. The van der Waals surface area contributed by atoms with Gasteiger partial charge >= 0.3 is 6.03 Å². The van der Waals surface area contributed by atoms with E-state index in [1.165, 1.54) is 5.56 Å². The number of carbonyl (C=O) groups is 1. The first-order chi connectivity index (χ1) is 10.7. The number of carbonyl (C=O) groups excluding carboxylic acids is 1. The molecule has 0 radical (unpaired) electrons. The third kappa shape index (κ3) is 3.39. The Hall–Kier alpha value is -2.08. The van der Waals surface area contributed by atoms with Crippen molar-refractivity contribution in [2.45, 2.75) is 25.4 Å². The minimum Gasteiger partial charge on any atom is -0.376 e. The van der Waals surface area contributed by atoms with Crippen LogP contribution in [-0.2, 0) is 18.2 Å². The average molecular weight is 302 g/mol. The summed E-state index contributed by atoms with van der Waals surface area (Å²) in [7, 11) is 1.99. The molecule has 1 aliphatic rings. The summed E-state index contributed by atoms with van der Waals surface area (Å²) >= 11 is 0. The Morgan fingerprint density at radius 3 is 3.23 bits per heavy atom. The van der Waals surface area contributed by atoms with Crippen LogP contribution in [0, 0.1) is 0 Å². The molecule has 0 aromatic carbocycles. The van der Waals surface area contributed by atoms with Crippen molar-refractivity contribution < 1.29 is 9.53 Å². The highest BCUT2D eigenvalue weighted by Crippen LogP contribution is 2.18. The summed E-state index contributed by atoms with van der Waals surface area (Å²) in [5.74, 6) is 0. The summed E-state index contributed by atoms with van der Waals surface area (Å²) in [5.41, 5.74) is 2.17. The maximum atomic E-state index is 11.8. The van der Waals surface area contributed by atoms with E-state index in [1.54, 1.807) is 6.20 Å². The smallest absolute Gasteiger partial charge is 0.314 e. The van der Waals surface area contributed by atoms with Crippen LogP contribution in [0.1, 0.15) is 18.4 Å². The number of pyridine rings is 1. The highest BCUT2D eigenvalue weighted by atomic mass is 16.5. The number of amides is 2. The van der Waals surface area contributed by atoms with Gasteiger partial charge in [0, 0.05) is 44.5 Å². The minimum atomic E-state index is -0.131. The summed E-state index contributed by atoms with van der Waals surface area (Å²) in [6, 6.07) is 3.87. The van der Waals surface area contributed by atoms with Crippen molar-refractivity contribution in [1.82, 2.24) is 20.2 Å². The van der Waals surface area contributed by atoms with E-state index in [-0.39, 0.29) is 12.1 Å². The van der Waals surface area contributed by atoms with Crippen LogP contribution in [0.3, 0.4) is 0 Å². The quantitative estimate of drug-likeness (QED) is 0.881. The van der Waals surface area contributed by atoms with E-state index in [4.69, 9.17) is 4.74 Å². The van der Waals surface area contributed by atoms with Crippen molar-refractivity contribution in [3.63, 3.8) is 0 Å². The molecule has 1 atom stereocenters. The van der Waals surface area contributed by atoms with Gasteiger partial charge in [-0.2, -0.15) is 0 Å². The number of rotatable bonds is 5. The molecule has 22 heavy (non-hydrogen) atoms.